The number of aryl methyl sites for hydroxylation is 1. The molecule has 0 amide bonds. The van der Waals surface area contributed by atoms with E-state index in [0.29, 0.717) is 12.5 Å². The normalized spacial score (nSPS) is 20.6. The highest BCUT2D eigenvalue weighted by atomic mass is 32.2. The van der Waals surface area contributed by atoms with Gasteiger partial charge in [-0.25, -0.2) is 18.1 Å². The summed E-state index contributed by atoms with van der Waals surface area (Å²) in [6.07, 6.45) is 6.34. The zero-order valence-electron chi connectivity index (χ0n) is 11.3. The molecule has 19 heavy (non-hydrogen) atoms. The fraction of sp³-hybridized carbons (Fsp3) is 0.750. The van der Waals surface area contributed by atoms with Crippen molar-refractivity contribution < 1.29 is 8.42 Å². The van der Waals surface area contributed by atoms with Crippen LogP contribution in [0.4, 0.5) is 0 Å². The van der Waals surface area contributed by atoms with Crippen molar-refractivity contribution >= 4 is 10.0 Å². The van der Waals surface area contributed by atoms with Crippen LogP contribution in [0.2, 0.25) is 0 Å². The molecule has 0 aromatic carbocycles. The van der Waals surface area contributed by atoms with Crippen molar-refractivity contribution in [1.29, 1.82) is 0 Å². The molecule has 2 N–H and O–H groups in total. The van der Waals surface area contributed by atoms with E-state index >= 15 is 0 Å². The maximum absolute atomic E-state index is 12.0. The molecule has 2 rings (SSSR count). The van der Waals surface area contributed by atoms with Crippen molar-refractivity contribution in [1.82, 2.24) is 19.6 Å². The third-order valence-corrected chi connectivity index (χ3v) is 4.84. The highest BCUT2D eigenvalue weighted by molar-refractivity contribution is 7.89. The Morgan fingerprint density at radius 1 is 1.58 bits per heavy atom. The Labute approximate surface area is 114 Å². The Morgan fingerprint density at radius 3 is 3.05 bits per heavy atom. The minimum absolute atomic E-state index is 0.108. The lowest BCUT2D eigenvalue weighted by Crippen LogP contribution is -2.33. The number of nitrogens with one attached hydrogen (secondary N) is 2. The van der Waals surface area contributed by atoms with Crippen molar-refractivity contribution in [3.8, 4) is 0 Å². The second-order valence-corrected chi connectivity index (χ2v) is 6.66. The van der Waals surface area contributed by atoms with Gasteiger partial charge in [-0.15, -0.1) is 0 Å². The van der Waals surface area contributed by atoms with Gasteiger partial charge in [0.15, 0.2) is 5.03 Å². The lowest BCUT2D eigenvalue weighted by atomic mass is 9.96. The van der Waals surface area contributed by atoms with Crippen LogP contribution < -0.4 is 10.0 Å². The van der Waals surface area contributed by atoms with Crippen LogP contribution in [0.1, 0.15) is 26.2 Å². The Hall–Kier alpha value is -0.920. The molecule has 6 nitrogen and oxygen atoms in total. The maximum Gasteiger partial charge on any atom is 0.259 e. The zero-order valence-corrected chi connectivity index (χ0v) is 12.1. The smallest absolute Gasteiger partial charge is 0.259 e. The minimum atomic E-state index is -3.45. The van der Waals surface area contributed by atoms with Crippen molar-refractivity contribution in [3.05, 3.63) is 12.5 Å². The van der Waals surface area contributed by atoms with Crippen LogP contribution in [0.5, 0.6) is 0 Å². The first-order valence-corrected chi connectivity index (χ1v) is 8.32. The first-order chi connectivity index (χ1) is 9.12. The molecule has 0 radical (unpaired) electrons. The third-order valence-electron chi connectivity index (χ3n) is 3.49. The summed E-state index contributed by atoms with van der Waals surface area (Å²) in [7, 11) is -3.45. The number of hydrogen-bond donors (Lipinski definition) is 2. The molecular weight excluding hydrogens is 264 g/mol. The van der Waals surface area contributed by atoms with E-state index in [9.17, 15) is 8.42 Å². The predicted octanol–water partition coefficient (Wildman–Crippen LogP) is 0.571. The summed E-state index contributed by atoms with van der Waals surface area (Å²) in [5.74, 6) is 0.574. The van der Waals surface area contributed by atoms with Gasteiger partial charge in [-0.2, -0.15) is 0 Å². The molecule has 0 saturated carbocycles. The Balaban J connectivity index is 1.83. The summed E-state index contributed by atoms with van der Waals surface area (Å²) in [5, 5.41) is 3.44. The number of aromatic nitrogens is 2. The Kier molecular flexibility index (Phi) is 4.95. The largest absolute Gasteiger partial charge is 0.336 e. The molecule has 0 aliphatic carbocycles. The van der Waals surface area contributed by atoms with Crippen LogP contribution in [0.25, 0.3) is 0 Å². The molecule has 1 aliphatic heterocycles. The number of hydrogen-bond acceptors (Lipinski definition) is 4. The molecule has 1 unspecified atom stereocenters. The van der Waals surface area contributed by atoms with E-state index in [-0.39, 0.29) is 5.03 Å². The molecule has 0 bridgehead atoms. The van der Waals surface area contributed by atoms with Crippen LogP contribution >= 0.6 is 0 Å². The van der Waals surface area contributed by atoms with E-state index in [0.717, 1.165) is 26.1 Å². The molecule has 2 heterocycles. The SMILES string of the molecule is CCn1cnc(S(=O)(=O)NCCC2CCCNC2)c1. The molecule has 108 valence electrons. The highest BCUT2D eigenvalue weighted by Crippen LogP contribution is 2.13. The standard InChI is InChI=1S/C12H22N4O2S/c1-2-16-9-12(14-10-16)19(17,18)15-7-5-11-4-3-6-13-8-11/h9-11,13,15H,2-8H2,1H3. The van der Waals surface area contributed by atoms with E-state index in [1.54, 1.807) is 17.1 Å². The fourth-order valence-electron chi connectivity index (χ4n) is 2.29. The van der Waals surface area contributed by atoms with Crippen LogP contribution in [0.3, 0.4) is 0 Å². The van der Waals surface area contributed by atoms with Gasteiger partial charge in [0, 0.05) is 19.3 Å². The summed E-state index contributed by atoms with van der Waals surface area (Å²) in [6, 6.07) is 0. The Bertz CT molecular complexity index is 492. The lowest BCUT2D eigenvalue weighted by Gasteiger charge is -2.22. The quantitative estimate of drug-likeness (QED) is 0.801. The van der Waals surface area contributed by atoms with Gasteiger partial charge in [0.2, 0.25) is 0 Å². The summed E-state index contributed by atoms with van der Waals surface area (Å²) in [4.78, 5) is 3.92. The topological polar surface area (TPSA) is 76.0 Å². The molecule has 1 saturated heterocycles. The number of sulfonamides is 1. The summed E-state index contributed by atoms with van der Waals surface area (Å²) < 4.78 is 28.4. The number of nitrogens with zero attached hydrogens (tertiary/aromatic N) is 2. The van der Waals surface area contributed by atoms with Gasteiger partial charge in [-0.3, -0.25) is 0 Å². The van der Waals surface area contributed by atoms with Crippen LogP contribution in [-0.2, 0) is 16.6 Å². The van der Waals surface area contributed by atoms with Gasteiger partial charge in [0.1, 0.15) is 0 Å². The van der Waals surface area contributed by atoms with Gasteiger partial charge in [-0.05, 0) is 45.2 Å². The number of rotatable bonds is 6. The van der Waals surface area contributed by atoms with E-state index in [1.165, 1.54) is 12.8 Å². The van der Waals surface area contributed by atoms with Crippen molar-refractivity contribution in [2.75, 3.05) is 19.6 Å². The predicted molar refractivity (Wildman–Crippen MR) is 73.3 cm³/mol. The van der Waals surface area contributed by atoms with E-state index in [1.807, 2.05) is 6.92 Å². The van der Waals surface area contributed by atoms with E-state index in [2.05, 4.69) is 15.0 Å². The van der Waals surface area contributed by atoms with E-state index in [4.69, 9.17) is 0 Å². The second-order valence-electron chi connectivity index (χ2n) is 4.94. The van der Waals surface area contributed by atoms with Gasteiger partial charge in [-0.1, -0.05) is 0 Å². The molecular formula is C12H22N4O2S. The van der Waals surface area contributed by atoms with Crippen molar-refractivity contribution in [2.45, 2.75) is 37.8 Å². The molecule has 1 aromatic rings. The Morgan fingerprint density at radius 2 is 2.42 bits per heavy atom. The molecule has 1 atom stereocenters. The summed E-state index contributed by atoms with van der Waals surface area (Å²) in [5.41, 5.74) is 0. The average Bonchev–Trinajstić information content (AvgIpc) is 2.89. The molecule has 0 spiro atoms. The van der Waals surface area contributed by atoms with Crippen molar-refractivity contribution in [3.63, 3.8) is 0 Å². The average molecular weight is 286 g/mol. The van der Waals surface area contributed by atoms with Crippen LogP contribution in [0, 0.1) is 5.92 Å². The van der Waals surface area contributed by atoms with Gasteiger partial charge < -0.3 is 9.88 Å². The summed E-state index contributed by atoms with van der Waals surface area (Å²) in [6.45, 7) is 5.22. The second kappa shape index (κ2) is 6.49. The van der Waals surface area contributed by atoms with E-state index < -0.39 is 10.0 Å². The molecule has 1 aromatic heterocycles. The highest BCUT2D eigenvalue weighted by Gasteiger charge is 2.18. The number of imidazole rings is 1. The van der Waals surface area contributed by atoms with Crippen LogP contribution in [-0.4, -0.2) is 37.6 Å². The van der Waals surface area contributed by atoms with Gasteiger partial charge in [0.25, 0.3) is 10.0 Å². The monoisotopic (exact) mass is 286 g/mol. The van der Waals surface area contributed by atoms with Crippen molar-refractivity contribution in [2.24, 2.45) is 5.92 Å². The van der Waals surface area contributed by atoms with Gasteiger partial charge in [0.05, 0.1) is 6.33 Å². The minimum Gasteiger partial charge on any atom is -0.336 e. The molecule has 1 aliphatic rings. The first kappa shape index (κ1) is 14.5. The fourth-order valence-corrected chi connectivity index (χ4v) is 3.29. The first-order valence-electron chi connectivity index (χ1n) is 6.84. The summed E-state index contributed by atoms with van der Waals surface area (Å²) >= 11 is 0. The lowest BCUT2D eigenvalue weighted by molar-refractivity contribution is 0.358. The molecule has 1 fully saturated rings. The van der Waals surface area contributed by atoms with Crippen LogP contribution in [0.15, 0.2) is 17.6 Å². The van der Waals surface area contributed by atoms with Gasteiger partial charge >= 0.3 is 0 Å². The zero-order chi connectivity index (χ0) is 13.7. The third kappa shape index (κ3) is 4.02. The maximum atomic E-state index is 12.0. The molecule has 7 heteroatoms. The number of piperidine rings is 1.